The number of carbonyl (C=O) groups excluding carboxylic acids is 2. The number of oxazole rings is 1. The first-order chi connectivity index (χ1) is 12.8. The summed E-state index contributed by atoms with van der Waals surface area (Å²) in [6.07, 6.45) is -0.845. The first-order valence-corrected chi connectivity index (χ1v) is 9.63. The van der Waals surface area contributed by atoms with E-state index in [2.05, 4.69) is 4.98 Å². The molecule has 1 aromatic heterocycles. The predicted octanol–water partition coefficient (Wildman–Crippen LogP) is 4.66. The maximum atomic E-state index is 12.6. The summed E-state index contributed by atoms with van der Waals surface area (Å²) < 4.78 is 10.9. The number of thioether (sulfide) groups is 1. The van der Waals surface area contributed by atoms with Gasteiger partial charge in [0, 0.05) is 5.56 Å². The molecule has 0 bridgehead atoms. The number of benzene rings is 2. The molecule has 5 nitrogen and oxygen atoms in total. The third-order valence-corrected chi connectivity index (χ3v) is 5.17. The Bertz CT molecular complexity index is 976. The van der Waals surface area contributed by atoms with Crippen LogP contribution in [0, 0.1) is 20.8 Å². The van der Waals surface area contributed by atoms with E-state index in [0.29, 0.717) is 16.4 Å². The van der Waals surface area contributed by atoms with Gasteiger partial charge in [0.25, 0.3) is 5.22 Å². The lowest BCUT2D eigenvalue weighted by atomic mass is 9.96. The number of aromatic nitrogens is 1. The lowest BCUT2D eigenvalue weighted by molar-refractivity contribution is -0.143. The molecule has 3 aromatic rings. The molecule has 6 heteroatoms. The SMILES string of the molecule is Cc1cc(C)c(C(=O)C(C)OC(=O)CSc2nc3ccccc3o2)cc1C. The monoisotopic (exact) mass is 383 g/mol. The molecule has 0 saturated carbocycles. The highest BCUT2D eigenvalue weighted by atomic mass is 32.2. The molecule has 1 atom stereocenters. The van der Waals surface area contributed by atoms with Crippen molar-refractivity contribution >= 4 is 34.6 Å². The van der Waals surface area contributed by atoms with Crippen LogP contribution >= 0.6 is 11.8 Å². The van der Waals surface area contributed by atoms with E-state index >= 15 is 0 Å². The zero-order valence-electron chi connectivity index (χ0n) is 15.7. The van der Waals surface area contributed by atoms with Crippen LogP contribution in [0.15, 0.2) is 46.0 Å². The van der Waals surface area contributed by atoms with Crippen molar-refractivity contribution in [3.8, 4) is 0 Å². The highest BCUT2D eigenvalue weighted by molar-refractivity contribution is 7.99. The Morgan fingerprint density at radius 1 is 1.11 bits per heavy atom. The summed E-state index contributed by atoms with van der Waals surface area (Å²) in [7, 11) is 0. The summed E-state index contributed by atoms with van der Waals surface area (Å²) >= 11 is 1.15. The summed E-state index contributed by atoms with van der Waals surface area (Å²) in [5.41, 5.74) is 5.04. The third-order valence-electron chi connectivity index (χ3n) is 4.37. The molecule has 0 spiro atoms. The fourth-order valence-electron chi connectivity index (χ4n) is 2.76. The first kappa shape index (κ1) is 19.2. The van der Waals surface area contributed by atoms with E-state index in [1.54, 1.807) is 6.92 Å². The van der Waals surface area contributed by atoms with E-state index in [1.807, 2.05) is 57.2 Å². The van der Waals surface area contributed by atoms with E-state index in [4.69, 9.17) is 9.15 Å². The molecule has 140 valence electrons. The van der Waals surface area contributed by atoms with Gasteiger partial charge in [-0.2, -0.15) is 0 Å². The third kappa shape index (κ3) is 4.39. The van der Waals surface area contributed by atoms with Gasteiger partial charge < -0.3 is 9.15 Å². The van der Waals surface area contributed by atoms with Crippen molar-refractivity contribution in [3.63, 3.8) is 0 Å². The predicted molar refractivity (Wildman–Crippen MR) is 105 cm³/mol. The number of ether oxygens (including phenoxy) is 1. The number of para-hydroxylation sites is 2. The van der Waals surface area contributed by atoms with Crippen molar-refractivity contribution in [2.24, 2.45) is 0 Å². The van der Waals surface area contributed by atoms with Crippen LogP contribution in [-0.4, -0.2) is 28.6 Å². The van der Waals surface area contributed by atoms with Crippen molar-refractivity contribution in [1.82, 2.24) is 4.98 Å². The Morgan fingerprint density at radius 3 is 2.56 bits per heavy atom. The molecule has 1 heterocycles. The summed E-state index contributed by atoms with van der Waals surface area (Å²) in [5.74, 6) is -0.656. The van der Waals surface area contributed by atoms with Crippen LogP contribution in [0.25, 0.3) is 11.1 Å². The zero-order valence-corrected chi connectivity index (χ0v) is 16.6. The first-order valence-electron chi connectivity index (χ1n) is 8.65. The lowest BCUT2D eigenvalue weighted by Gasteiger charge is -2.15. The second kappa shape index (κ2) is 7.96. The highest BCUT2D eigenvalue weighted by Gasteiger charge is 2.22. The standard InChI is InChI=1S/C21H21NO4S/c1-12-9-14(3)16(10-13(12)2)20(24)15(4)25-19(23)11-27-21-22-17-7-5-6-8-18(17)26-21/h5-10,15H,11H2,1-4H3. The van der Waals surface area contributed by atoms with Crippen LogP contribution in [0.2, 0.25) is 0 Å². The van der Waals surface area contributed by atoms with Gasteiger partial charge in [-0.15, -0.1) is 0 Å². The van der Waals surface area contributed by atoms with Crippen molar-refractivity contribution in [2.45, 2.75) is 39.0 Å². The number of nitrogens with zero attached hydrogens (tertiary/aromatic N) is 1. The topological polar surface area (TPSA) is 69.4 Å². The smallest absolute Gasteiger partial charge is 0.317 e. The van der Waals surface area contributed by atoms with Gasteiger partial charge in [-0.05, 0) is 62.6 Å². The van der Waals surface area contributed by atoms with Crippen LogP contribution in [0.5, 0.6) is 0 Å². The van der Waals surface area contributed by atoms with Gasteiger partial charge in [0.05, 0.1) is 0 Å². The van der Waals surface area contributed by atoms with E-state index < -0.39 is 12.1 Å². The van der Waals surface area contributed by atoms with Crippen molar-refractivity contribution in [2.75, 3.05) is 5.75 Å². The van der Waals surface area contributed by atoms with E-state index in [-0.39, 0.29) is 11.5 Å². The highest BCUT2D eigenvalue weighted by Crippen LogP contribution is 2.23. The number of hydrogen-bond donors (Lipinski definition) is 0. The molecule has 0 radical (unpaired) electrons. The van der Waals surface area contributed by atoms with Crippen LogP contribution in [-0.2, 0) is 9.53 Å². The molecule has 0 aliphatic heterocycles. The minimum Gasteiger partial charge on any atom is -0.454 e. The van der Waals surface area contributed by atoms with Gasteiger partial charge in [-0.3, -0.25) is 9.59 Å². The quantitative estimate of drug-likeness (QED) is 0.350. The fourth-order valence-corrected chi connectivity index (χ4v) is 3.38. The Balaban J connectivity index is 1.60. The molecule has 3 rings (SSSR count). The Kier molecular flexibility index (Phi) is 5.65. The molecular formula is C21H21NO4S. The minimum absolute atomic E-state index is 0.0242. The molecule has 27 heavy (non-hydrogen) atoms. The summed E-state index contributed by atoms with van der Waals surface area (Å²) in [6, 6.07) is 11.2. The van der Waals surface area contributed by atoms with Crippen molar-refractivity contribution in [3.05, 3.63) is 58.7 Å². The molecule has 0 fully saturated rings. The van der Waals surface area contributed by atoms with Crippen LogP contribution in [0.1, 0.15) is 34.0 Å². The van der Waals surface area contributed by atoms with Gasteiger partial charge in [0.2, 0.25) is 5.78 Å². The Morgan fingerprint density at radius 2 is 1.81 bits per heavy atom. The Hall–Kier alpha value is -2.60. The summed E-state index contributed by atoms with van der Waals surface area (Å²) in [6.45, 7) is 7.44. The molecule has 0 aliphatic carbocycles. The normalized spacial score (nSPS) is 12.1. The number of aryl methyl sites for hydroxylation is 3. The van der Waals surface area contributed by atoms with Gasteiger partial charge in [0.1, 0.15) is 11.3 Å². The molecule has 0 aliphatic rings. The number of rotatable bonds is 6. The summed E-state index contributed by atoms with van der Waals surface area (Å²) in [4.78, 5) is 29.1. The van der Waals surface area contributed by atoms with Gasteiger partial charge in [-0.1, -0.05) is 30.0 Å². The number of esters is 1. The fraction of sp³-hybridized carbons (Fsp3) is 0.286. The molecular weight excluding hydrogens is 362 g/mol. The molecule has 0 amide bonds. The van der Waals surface area contributed by atoms with E-state index in [1.165, 1.54) is 0 Å². The summed E-state index contributed by atoms with van der Waals surface area (Å²) in [5, 5.41) is 0.400. The number of Topliss-reactive ketones (excluding diaryl/α,β-unsaturated/α-hetero) is 1. The number of carbonyl (C=O) groups is 2. The molecule has 2 aromatic carbocycles. The van der Waals surface area contributed by atoms with Crippen molar-refractivity contribution in [1.29, 1.82) is 0 Å². The maximum absolute atomic E-state index is 12.6. The van der Waals surface area contributed by atoms with Crippen LogP contribution in [0.3, 0.4) is 0 Å². The number of ketones is 1. The Labute approximate surface area is 162 Å². The van der Waals surface area contributed by atoms with E-state index in [9.17, 15) is 9.59 Å². The largest absolute Gasteiger partial charge is 0.454 e. The second-order valence-corrected chi connectivity index (χ2v) is 7.41. The maximum Gasteiger partial charge on any atom is 0.317 e. The zero-order chi connectivity index (χ0) is 19.6. The average Bonchev–Trinajstić information content (AvgIpc) is 3.05. The average molecular weight is 383 g/mol. The minimum atomic E-state index is -0.845. The number of hydrogen-bond acceptors (Lipinski definition) is 6. The van der Waals surface area contributed by atoms with Crippen LogP contribution in [0.4, 0.5) is 0 Å². The lowest BCUT2D eigenvalue weighted by Crippen LogP contribution is -2.26. The molecule has 1 unspecified atom stereocenters. The van der Waals surface area contributed by atoms with Gasteiger partial charge in [-0.25, -0.2) is 4.98 Å². The second-order valence-electron chi connectivity index (χ2n) is 6.48. The number of fused-ring (bicyclic) bond motifs is 1. The van der Waals surface area contributed by atoms with E-state index in [0.717, 1.165) is 34.0 Å². The van der Waals surface area contributed by atoms with Crippen molar-refractivity contribution < 1.29 is 18.7 Å². The molecule has 0 saturated heterocycles. The van der Waals surface area contributed by atoms with Crippen LogP contribution < -0.4 is 0 Å². The molecule has 0 N–H and O–H groups in total. The van der Waals surface area contributed by atoms with Gasteiger partial charge in [0.15, 0.2) is 11.7 Å². The van der Waals surface area contributed by atoms with Gasteiger partial charge >= 0.3 is 5.97 Å².